The quantitative estimate of drug-likeness (QED) is 0.145. The number of nitrogens with one attached hydrogen (secondary N) is 3. The molecule has 0 bridgehead atoms. The van der Waals surface area contributed by atoms with Crippen molar-refractivity contribution < 1.29 is 24.0 Å². The molecule has 244 valence electrons. The van der Waals surface area contributed by atoms with Crippen molar-refractivity contribution in [3.8, 4) is 0 Å². The lowest BCUT2D eigenvalue weighted by molar-refractivity contribution is -0.150. The third-order valence-electron chi connectivity index (χ3n) is 10.0. The van der Waals surface area contributed by atoms with E-state index in [-0.39, 0.29) is 30.6 Å². The average molecular weight is 624 g/mol. The van der Waals surface area contributed by atoms with Gasteiger partial charge in [0.2, 0.25) is 17.7 Å². The summed E-state index contributed by atoms with van der Waals surface area (Å²) in [5.41, 5.74) is 15.0. The summed E-state index contributed by atoms with van der Waals surface area (Å²) in [5.74, 6) is -1.86. The third kappa shape index (κ3) is 6.75. The molecule has 3 fully saturated rings. The summed E-state index contributed by atoms with van der Waals surface area (Å²) >= 11 is 0. The Morgan fingerprint density at radius 2 is 1.69 bits per heavy atom. The summed E-state index contributed by atoms with van der Waals surface area (Å²) in [6.07, 6.45) is 6.69. The summed E-state index contributed by atoms with van der Waals surface area (Å²) in [7, 11) is 0. The summed E-state index contributed by atoms with van der Waals surface area (Å²) in [6, 6.07) is -0.650. The van der Waals surface area contributed by atoms with Gasteiger partial charge < -0.3 is 31.9 Å². The van der Waals surface area contributed by atoms with E-state index >= 15 is 0 Å². The van der Waals surface area contributed by atoms with Crippen LogP contribution in [0, 0.1) is 5.92 Å². The first kappa shape index (κ1) is 31.5. The molecule has 0 aromatic rings. The molecular weight excluding hydrogens is 578 g/mol. The molecule has 6 rings (SSSR count). The number of piperazine rings is 1. The molecule has 2 atom stereocenters. The van der Waals surface area contributed by atoms with Crippen LogP contribution in [0.1, 0.15) is 38.5 Å². The minimum Gasteiger partial charge on any atom is -0.385 e. The number of rotatable bonds is 8. The SMILES string of the molecule is NC(N)C1=C(NC2CCN(C(=O)CN3CCN(CC4CC=CC5=C4C(=O)N(C4CCC(=O)NC4=O)C5=O)CC3)CC2)CCNC1. The highest BCUT2D eigenvalue weighted by Crippen LogP contribution is 2.36. The van der Waals surface area contributed by atoms with E-state index in [1.54, 1.807) is 6.08 Å². The Labute approximate surface area is 263 Å². The Kier molecular flexibility index (Phi) is 9.47. The van der Waals surface area contributed by atoms with Crippen molar-refractivity contribution in [2.45, 2.75) is 56.8 Å². The van der Waals surface area contributed by atoms with Crippen molar-refractivity contribution in [1.29, 1.82) is 0 Å². The molecule has 0 aromatic carbocycles. The molecule has 0 aromatic heterocycles. The van der Waals surface area contributed by atoms with E-state index in [0.29, 0.717) is 43.2 Å². The van der Waals surface area contributed by atoms with Crippen molar-refractivity contribution in [1.82, 2.24) is 35.6 Å². The van der Waals surface area contributed by atoms with Crippen LogP contribution in [-0.2, 0) is 24.0 Å². The predicted molar refractivity (Wildman–Crippen MR) is 165 cm³/mol. The maximum Gasteiger partial charge on any atom is 0.261 e. The van der Waals surface area contributed by atoms with Gasteiger partial charge in [-0.2, -0.15) is 0 Å². The molecular formula is C31H45N9O5. The number of carbonyl (C=O) groups is 5. The third-order valence-corrected chi connectivity index (χ3v) is 10.0. The van der Waals surface area contributed by atoms with Crippen LogP contribution in [0.2, 0.25) is 0 Å². The maximum absolute atomic E-state index is 13.5. The van der Waals surface area contributed by atoms with Crippen LogP contribution in [-0.4, -0.2) is 133 Å². The van der Waals surface area contributed by atoms with Crippen molar-refractivity contribution in [2.24, 2.45) is 17.4 Å². The van der Waals surface area contributed by atoms with E-state index in [9.17, 15) is 24.0 Å². The number of allylic oxidation sites excluding steroid dienone is 1. The Bertz CT molecular complexity index is 1320. The fourth-order valence-corrected chi connectivity index (χ4v) is 7.42. The predicted octanol–water partition coefficient (Wildman–Crippen LogP) is -2.28. The van der Waals surface area contributed by atoms with E-state index < -0.39 is 29.9 Å². The van der Waals surface area contributed by atoms with Crippen LogP contribution in [0.3, 0.4) is 0 Å². The van der Waals surface area contributed by atoms with E-state index in [1.165, 1.54) is 0 Å². The molecule has 14 nitrogen and oxygen atoms in total. The van der Waals surface area contributed by atoms with E-state index in [1.807, 2.05) is 11.0 Å². The fraction of sp³-hybridized carbons (Fsp3) is 0.645. The van der Waals surface area contributed by atoms with Gasteiger partial charge in [0.05, 0.1) is 12.7 Å². The molecule has 0 saturated carbocycles. The molecule has 5 aliphatic heterocycles. The standard InChI is InChI=1S/C31H45N9O5/c32-28(33)22-16-34-9-6-23(22)35-20-7-10-39(11-8-20)26(42)18-38-14-12-37(13-15-38)17-19-2-1-3-21-27(19)31(45)40(30(21)44)24-4-5-25(41)36-29(24)43/h1,3,19-20,24,28,34-35H,2,4-18,32-33H2,(H,36,41,43). The molecule has 14 heteroatoms. The van der Waals surface area contributed by atoms with Crippen molar-refractivity contribution in [3.05, 3.63) is 34.6 Å². The number of nitrogens with two attached hydrogens (primary N) is 2. The number of imide groups is 2. The lowest BCUT2D eigenvalue weighted by Gasteiger charge is -2.39. The Morgan fingerprint density at radius 3 is 2.40 bits per heavy atom. The van der Waals surface area contributed by atoms with Gasteiger partial charge in [-0.25, -0.2) is 0 Å². The van der Waals surface area contributed by atoms with Crippen molar-refractivity contribution in [2.75, 3.05) is 65.4 Å². The Hall–Kier alpha value is -3.43. The fourth-order valence-electron chi connectivity index (χ4n) is 7.42. The number of hydrogen-bond acceptors (Lipinski definition) is 11. The van der Waals surface area contributed by atoms with Crippen molar-refractivity contribution in [3.63, 3.8) is 0 Å². The van der Waals surface area contributed by atoms with Gasteiger partial charge in [-0.15, -0.1) is 0 Å². The summed E-state index contributed by atoms with van der Waals surface area (Å²) in [6.45, 7) is 7.09. The number of nitrogens with zero attached hydrogens (tertiary/aromatic N) is 4. The maximum atomic E-state index is 13.5. The summed E-state index contributed by atoms with van der Waals surface area (Å²) in [4.78, 5) is 71.4. The molecule has 5 amide bonds. The highest BCUT2D eigenvalue weighted by Gasteiger charge is 2.48. The first-order chi connectivity index (χ1) is 21.7. The average Bonchev–Trinajstić information content (AvgIpc) is 3.28. The van der Waals surface area contributed by atoms with Gasteiger partial charge in [0.1, 0.15) is 6.04 Å². The smallest absolute Gasteiger partial charge is 0.261 e. The molecule has 7 N–H and O–H groups in total. The highest BCUT2D eigenvalue weighted by molar-refractivity contribution is 6.23. The minimum atomic E-state index is -0.958. The second kappa shape index (κ2) is 13.5. The van der Waals surface area contributed by atoms with Crippen LogP contribution in [0.15, 0.2) is 34.6 Å². The molecule has 3 saturated heterocycles. The largest absolute Gasteiger partial charge is 0.385 e. The summed E-state index contributed by atoms with van der Waals surface area (Å²) < 4.78 is 0. The second-order valence-corrected chi connectivity index (χ2v) is 12.9. The van der Waals surface area contributed by atoms with Crippen LogP contribution in [0.25, 0.3) is 0 Å². The molecule has 2 unspecified atom stereocenters. The van der Waals surface area contributed by atoms with E-state index in [2.05, 4.69) is 25.8 Å². The van der Waals surface area contributed by atoms with Crippen LogP contribution in [0.5, 0.6) is 0 Å². The Morgan fingerprint density at radius 1 is 0.956 bits per heavy atom. The highest BCUT2D eigenvalue weighted by atomic mass is 16.2. The van der Waals surface area contributed by atoms with Gasteiger partial charge in [0.25, 0.3) is 11.8 Å². The van der Waals surface area contributed by atoms with Crippen LogP contribution in [0.4, 0.5) is 0 Å². The van der Waals surface area contributed by atoms with Crippen LogP contribution >= 0.6 is 0 Å². The number of amides is 5. The van der Waals surface area contributed by atoms with Gasteiger partial charge >= 0.3 is 0 Å². The van der Waals surface area contributed by atoms with Gasteiger partial charge in [-0.1, -0.05) is 12.2 Å². The monoisotopic (exact) mass is 623 g/mol. The molecule has 1 aliphatic carbocycles. The lowest BCUT2D eigenvalue weighted by Crippen LogP contribution is -2.55. The zero-order valence-corrected chi connectivity index (χ0v) is 25.8. The Balaban J connectivity index is 0.959. The minimum absolute atomic E-state index is 0.0990. The lowest BCUT2D eigenvalue weighted by atomic mass is 9.87. The normalized spacial score (nSPS) is 27.5. The molecule has 6 aliphatic rings. The zero-order valence-electron chi connectivity index (χ0n) is 25.8. The topological polar surface area (TPSA) is 186 Å². The number of carbonyl (C=O) groups excluding carboxylic acids is 5. The van der Waals surface area contributed by atoms with Gasteiger partial charge in [-0.3, -0.25) is 39.1 Å². The van der Waals surface area contributed by atoms with Crippen molar-refractivity contribution >= 4 is 29.5 Å². The molecule has 45 heavy (non-hydrogen) atoms. The van der Waals surface area contributed by atoms with Crippen LogP contribution < -0.4 is 27.4 Å². The van der Waals surface area contributed by atoms with E-state index in [4.69, 9.17) is 11.5 Å². The number of hydrogen-bond donors (Lipinski definition) is 5. The molecule has 0 spiro atoms. The molecule has 0 radical (unpaired) electrons. The number of piperidine rings is 2. The van der Waals surface area contributed by atoms with Gasteiger partial charge in [0, 0.05) is 94.1 Å². The van der Waals surface area contributed by atoms with Gasteiger partial charge in [-0.05, 0) is 37.7 Å². The summed E-state index contributed by atoms with van der Waals surface area (Å²) in [5, 5.41) is 9.23. The second-order valence-electron chi connectivity index (χ2n) is 12.9. The van der Waals surface area contributed by atoms with Gasteiger partial charge in [0.15, 0.2) is 0 Å². The number of likely N-dealkylation sites (tertiary alicyclic amines) is 1. The zero-order chi connectivity index (χ0) is 31.7. The van der Waals surface area contributed by atoms with E-state index in [0.717, 1.165) is 81.2 Å². The molecule has 5 heterocycles. The first-order valence-electron chi connectivity index (χ1n) is 16.2. The first-order valence-corrected chi connectivity index (χ1v) is 16.2.